The van der Waals surface area contributed by atoms with Crippen molar-refractivity contribution in [3.63, 3.8) is 0 Å². The number of hydrogen-bond acceptors (Lipinski definition) is 6. The minimum absolute atomic E-state index is 0.184. The molecule has 186 valence electrons. The SMILES string of the molecule is O=C(O)C[C@H]1Nc2cc(C(=O)NCCN3CCNCC3)ccc2CN(CCc2ccccc2)C1=O. The molecule has 2 amide bonds. The van der Waals surface area contributed by atoms with Gasteiger partial charge in [0, 0.05) is 63.6 Å². The lowest BCUT2D eigenvalue weighted by Crippen LogP contribution is -2.46. The Hall–Kier alpha value is -3.43. The first kappa shape index (κ1) is 24.7. The standard InChI is InChI=1S/C26H33N5O4/c32-24(33)17-23-26(35)31(12-8-19-4-2-1-3-5-19)18-21-7-6-20(16-22(21)29-23)25(34)28-11-15-30-13-9-27-10-14-30/h1-7,16,23,27,29H,8-15,17-18H2,(H,28,34)(H,32,33)/t23-/m1/s1. The van der Waals surface area contributed by atoms with E-state index in [0.29, 0.717) is 37.3 Å². The van der Waals surface area contributed by atoms with Gasteiger partial charge < -0.3 is 26.0 Å². The highest BCUT2D eigenvalue weighted by molar-refractivity contribution is 5.96. The van der Waals surface area contributed by atoms with Gasteiger partial charge in [-0.3, -0.25) is 19.3 Å². The molecular formula is C26H33N5O4. The Balaban J connectivity index is 1.44. The number of hydrogen-bond donors (Lipinski definition) is 4. The van der Waals surface area contributed by atoms with Gasteiger partial charge in [-0.05, 0) is 29.7 Å². The second-order valence-electron chi connectivity index (χ2n) is 9.01. The molecule has 1 fully saturated rings. The lowest BCUT2D eigenvalue weighted by molar-refractivity contribution is -0.141. The van der Waals surface area contributed by atoms with E-state index in [1.165, 1.54) is 0 Å². The van der Waals surface area contributed by atoms with Gasteiger partial charge in [-0.15, -0.1) is 0 Å². The minimum Gasteiger partial charge on any atom is -0.481 e. The molecule has 0 unspecified atom stereocenters. The summed E-state index contributed by atoms with van der Waals surface area (Å²) in [6.45, 7) is 6.05. The van der Waals surface area contributed by atoms with E-state index in [1.807, 2.05) is 36.4 Å². The summed E-state index contributed by atoms with van der Waals surface area (Å²) in [5.41, 5.74) is 3.08. The third-order valence-electron chi connectivity index (χ3n) is 6.49. The number of carbonyl (C=O) groups excluding carboxylic acids is 2. The number of piperazine rings is 1. The zero-order chi connectivity index (χ0) is 24.6. The molecule has 2 aromatic carbocycles. The molecule has 2 aromatic rings. The minimum atomic E-state index is -1.05. The number of anilines is 1. The molecular weight excluding hydrogens is 446 g/mol. The predicted molar refractivity (Wildman–Crippen MR) is 133 cm³/mol. The largest absolute Gasteiger partial charge is 0.481 e. The third-order valence-corrected chi connectivity index (χ3v) is 6.49. The van der Waals surface area contributed by atoms with Crippen molar-refractivity contribution < 1.29 is 19.5 Å². The molecule has 0 aliphatic carbocycles. The Kier molecular flexibility index (Phi) is 8.33. The van der Waals surface area contributed by atoms with Crippen molar-refractivity contribution in [2.24, 2.45) is 0 Å². The van der Waals surface area contributed by atoms with Crippen LogP contribution in [-0.2, 0) is 22.6 Å². The van der Waals surface area contributed by atoms with Crippen LogP contribution in [0.15, 0.2) is 48.5 Å². The number of carbonyl (C=O) groups is 3. The zero-order valence-electron chi connectivity index (χ0n) is 19.8. The second kappa shape index (κ2) is 11.8. The second-order valence-corrected chi connectivity index (χ2v) is 9.01. The lowest BCUT2D eigenvalue weighted by Gasteiger charge is -2.27. The number of rotatable bonds is 9. The van der Waals surface area contributed by atoms with Gasteiger partial charge in [0.05, 0.1) is 6.42 Å². The quantitative estimate of drug-likeness (QED) is 0.427. The van der Waals surface area contributed by atoms with Crippen molar-refractivity contribution in [3.05, 3.63) is 65.2 Å². The van der Waals surface area contributed by atoms with Gasteiger partial charge in [-0.25, -0.2) is 0 Å². The number of carboxylic acid groups (broad SMARTS) is 1. The number of nitrogens with one attached hydrogen (secondary N) is 3. The summed E-state index contributed by atoms with van der Waals surface area (Å²) in [7, 11) is 0. The molecule has 9 heteroatoms. The molecule has 9 nitrogen and oxygen atoms in total. The van der Waals surface area contributed by atoms with Gasteiger partial charge in [-0.1, -0.05) is 36.4 Å². The van der Waals surface area contributed by atoms with Gasteiger partial charge in [0.2, 0.25) is 5.91 Å². The Morgan fingerprint density at radius 1 is 1.06 bits per heavy atom. The van der Waals surface area contributed by atoms with E-state index in [0.717, 1.165) is 43.9 Å². The monoisotopic (exact) mass is 479 g/mol. The average Bonchev–Trinajstić information content (AvgIpc) is 2.99. The fourth-order valence-electron chi connectivity index (χ4n) is 4.52. The lowest BCUT2D eigenvalue weighted by atomic mass is 10.1. The summed E-state index contributed by atoms with van der Waals surface area (Å²) in [5.74, 6) is -1.48. The fraction of sp³-hybridized carbons (Fsp3) is 0.423. The molecule has 0 bridgehead atoms. The highest BCUT2D eigenvalue weighted by Crippen LogP contribution is 2.26. The van der Waals surface area contributed by atoms with Crippen molar-refractivity contribution in [2.45, 2.75) is 25.4 Å². The first-order valence-electron chi connectivity index (χ1n) is 12.1. The van der Waals surface area contributed by atoms with E-state index in [4.69, 9.17) is 0 Å². The highest BCUT2D eigenvalue weighted by Gasteiger charge is 2.31. The normalized spacial score (nSPS) is 18.3. The van der Waals surface area contributed by atoms with Crippen molar-refractivity contribution in [1.29, 1.82) is 0 Å². The van der Waals surface area contributed by atoms with E-state index < -0.39 is 12.0 Å². The zero-order valence-corrected chi connectivity index (χ0v) is 19.8. The first-order chi connectivity index (χ1) is 17.0. The van der Waals surface area contributed by atoms with Gasteiger partial charge >= 0.3 is 5.97 Å². The molecule has 0 aromatic heterocycles. The van der Waals surface area contributed by atoms with Crippen molar-refractivity contribution in [1.82, 2.24) is 20.4 Å². The van der Waals surface area contributed by atoms with Crippen LogP contribution in [0.2, 0.25) is 0 Å². The smallest absolute Gasteiger partial charge is 0.305 e. The van der Waals surface area contributed by atoms with E-state index in [-0.39, 0.29) is 18.2 Å². The van der Waals surface area contributed by atoms with Gasteiger partial charge in [0.25, 0.3) is 5.91 Å². The summed E-state index contributed by atoms with van der Waals surface area (Å²) >= 11 is 0. The maximum absolute atomic E-state index is 13.2. The van der Waals surface area contributed by atoms with Crippen LogP contribution in [0.3, 0.4) is 0 Å². The number of carboxylic acids is 1. The van der Waals surface area contributed by atoms with E-state index >= 15 is 0 Å². The number of amides is 2. The Labute approximate surface area is 205 Å². The molecule has 4 N–H and O–H groups in total. The van der Waals surface area contributed by atoms with Crippen LogP contribution in [0, 0.1) is 0 Å². The Morgan fingerprint density at radius 2 is 1.83 bits per heavy atom. The van der Waals surface area contributed by atoms with E-state index in [2.05, 4.69) is 20.9 Å². The van der Waals surface area contributed by atoms with Crippen LogP contribution >= 0.6 is 0 Å². The van der Waals surface area contributed by atoms with Crippen molar-refractivity contribution in [2.75, 3.05) is 51.1 Å². The van der Waals surface area contributed by atoms with Crippen molar-refractivity contribution >= 4 is 23.5 Å². The molecule has 0 spiro atoms. The van der Waals surface area contributed by atoms with Crippen LogP contribution in [0.4, 0.5) is 5.69 Å². The first-order valence-corrected chi connectivity index (χ1v) is 12.1. The highest BCUT2D eigenvalue weighted by atomic mass is 16.4. The molecule has 0 radical (unpaired) electrons. The fourth-order valence-corrected chi connectivity index (χ4v) is 4.52. The summed E-state index contributed by atoms with van der Waals surface area (Å²) in [4.78, 5) is 41.4. The van der Waals surface area contributed by atoms with Crippen LogP contribution in [-0.4, -0.2) is 84.5 Å². The van der Waals surface area contributed by atoms with Crippen LogP contribution in [0.25, 0.3) is 0 Å². The predicted octanol–water partition coefficient (Wildman–Crippen LogP) is 1.16. The summed E-state index contributed by atoms with van der Waals surface area (Å²) in [6.07, 6.45) is 0.344. The van der Waals surface area contributed by atoms with Gasteiger partial charge in [0.15, 0.2) is 0 Å². The van der Waals surface area contributed by atoms with Gasteiger partial charge in [-0.2, -0.15) is 0 Å². The maximum Gasteiger partial charge on any atom is 0.305 e. The van der Waals surface area contributed by atoms with Crippen LogP contribution < -0.4 is 16.0 Å². The Bertz CT molecular complexity index is 1040. The van der Waals surface area contributed by atoms with Crippen LogP contribution in [0.5, 0.6) is 0 Å². The van der Waals surface area contributed by atoms with Crippen LogP contribution in [0.1, 0.15) is 27.9 Å². The topological polar surface area (TPSA) is 114 Å². The number of benzene rings is 2. The van der Waals surface area contributed by atoms with E-state index in [9.17, 15) is 19.5 Å². The third kappa shape index (κ3) is 6.80. The number of nitrogens with zero attached hydrogens (tertiary/aromatic N) is 2. The molecule has 2 aliphatic rings. The molecule has 1 saturated heterocycles. The van der Waals surface area contributed by atoms with Crippen molar-refractivity contribution in [3.8, 4) is 0 Å². The number of fused-ring (bicyclic) bond motifs is 1. The van der Waals surface area contributed by atoms with E-state index in [1.54, 1.807) is 17.0 Å². The summed E-state index contributed by atoms with van der Waals surface area (Å²) in [6, 6.07) is 14.3. The summed E-state index contributed by atoms with van der Waals surface area (Å²) < 4.78 is 0. The molecule has 1 atom stereocenters. The number of aliphatic carboxylic acids is 1. The van der Waals surface area contributed by atoms with Gasteiger partial charge in [0.1, 0.15) is 6.04 Å². The molecule has 35 heavy (non-hydrogen) atoms. The summed E-state index contributed by atoms with van der Waals surface area (Å²) in [5, 5.41) is 18.8. The molecule has 2 aliphatic heterocycles. The molecule has 2 heterocycles. The molecule has 4 rings (SSSR count). The Morgan fingerprint density at radius 3 is 2.57 bits per heavy atom. The average molecular weight is 480 g/mol. The maximum atomic E-state index is 13.2. The molecule has 0 saturated carbocycles.